The molecular formula is C24H31N3O4. The number of benzene rings is 1. The first kappa shape index (κ1) is 21.6. The third-order valence-corrected chi connectivity index (χ3v) is 6.23. The Morgan fingerprint density at radius 3 is 2.65 bits per heavy atom. The van der Waals surface area contributed by atoms with Gasteiger partial charge in [0.2, 0.25) is 5.91 Å². The van der Waals surface area contributed by atoms with Gasteiger partial charge < -0.3 is 19.1 Å². The summed E-state index contributed by atoms with van der Waals surface area (Å²) in [6, 6.07) is 11.9. The van der Waals surface area contributed by atoms with Crippen LogP contribution in [-0.2, 0) is 22.6 Å². The smallest absolute Gasteiger partial charge is 0.276 e. The van der Waals surface area contributed by atoms with Crippen molar-refractivity contribution in [2.24, 2.45) is 0 Å². The molecule has 166 valence electrons. The normalized spacial score (nSPS) is 20.7. The van der Waals surface area contributed by atoms with Gasteiger partial charge in [-0.2, -0.15) is 0 Å². The summed E-state index contributed by atoms with van der Waals surface area (Å²) in [5.41, 5.74) is 1.32. The van der Waals surface area contributed by atoms with E-state index < -0.39 is 0 Å². The van der Waals surface area contributed by atoms with Crippen LogP contribution in [0.5, 0.6) is 0 Å². The SMILES string of the molecule is CCc1cc(C(=O)N2CC(=O)N(C3CCCCC3)C[C@@H](OCc3ccccc3)C2)no1. The molecule has 2 aromatic rings. The summed E-state index contributed by atoms with van der Waals surface area (Å²) in [7, 11) is 0. The Morgan fingerprint density at radius 1 is 1.16 bits per heavy atom. The summed E-state index contributed by atoms with van der Waals surface area (Å²) in [6.07, 6.45) is 5.97. The third kappa shape index (κ3) is 5.34. The predicted octanol–water partition coefficient (Wildman–Crippen LogP) is 3.44. The molecule has 1 saturated carbocycles. The molecule has 2 aliphatic rings. The largest absolute Gasteiger partial charge is 0.370 e. The molecule has 31 heavy (non-hydrogen) atoms. The number of hydrogen-bond acceptors (Lipinski definition) is 5. The highest BCUT2D eigenvalue weighted by Crippen LogP contribution is 2.25. The second-order valence-corrected chi connectivity index (χ2v) is 8.47. The quantitative estimate of drug-likeness (QED) is 0.709. The lowest BCUT2D eigenvalue weighted by atomic mass is 9.94. The van der Waals surface area contributed by atoms with Gasteiger partial charge in [-0.3, -0.25) is 9.59 Å². The molecule has 0 unspecified atom stereocenters. The van der Waals surface area contributed by atoms with E-state index in [1.807, 2.05) is 42.2 Å². The molecule has 7 heteroatoms. The lowest BCUT2D eigenvalue weighted by Gasteiger charge is -2.34. The molecular weight excluding hydrogens is 394 g/mol. The molecule has 1 aromatic heterocycles. The van der Waals surface area contributed by atoms with E-state index >= 15 is 0 Å². The van der Waals surface area contributed by atoms with Crippen LogP contribution in [0.2, 0.25) is 0 Å². The highest BCUT2D eigenvalue weighted by Gasteiger charge is 2.35. The summed E-state index contributed by atoms with van der Waals surface area (Å²) >= 11 is 0. The monoisotopic (exact) mass is 425 g/mol. The molecule has 2 heterocycles. The molecule has 2 amide bonds. The van der Waals surface area contributed by atoms with Gasteiger partial charge in [-0.15, -0.1) is 0 Å². The van der Waals surface area contributed by atoms with Gasteiger partial charge in [0.15, 0.2) is 5.69 Å². The van der Waals surface area contributed by atoms with Crippen molar-refractivity contribution in [3.05, 3.63) is 53.4 Å². The van der Waals surface area contributed by atoms with E-state index in [0.29, 0.717) is 31.9 Å². The van der Waals surface area contributed by atoms with Crippen molar-refractivity contribution in [3.63, 3.8) is 0 Å². The number of aryl methyl sites for hydroxylation is 1. The Morgan fingerprint density at radius 2 is 1.94 bits per heavy atom. The predicted molar refractivity (Wildman–Crippen MR) is 115 cm³/mol. The van der Waals surface area contributed by atoms with Crippen LogP contribution in [-0.4, -0.2) is 58.6 Å². The zero-order chi connectivity index (χ0) is 21.6. The van der Waals surface area contributed by atoms with Crippen LogP contribution in [0.3, 0.4) is 0 Å². The highest BCUT2D eigenvalue weighted by atomic mass is 16.5. The zero-order valence-corrected chi connectivity index (χ0v) is 18.2. The maximum atomic E-state index is 13.2. The molecule has 4 rings (SSSR count). The molecule has 1 aromatic carbocycles. The van der Waals surface area contributed by atoms with Crippen LogP contribution in [0.25, 0.3) is 0 Å². The Bertz CT molecular complexity index is 876. The van der Waals surface area contributed by atoms with Crippen molar-refractivity contribution in [1.82, 2.24) is 15.0 Å². The minimum absolute atomic E-state index is 0.00901. The van der Waals surface area contributed by atoms with E-state index in [9.17, 15) is 9.59 Å². The average molecular weight is 426 g/mol. The van der Waals surface area contributed by atoms with E-state index in [4.69, 9.17) is 9.26 Å². The van der Waals surface area contributed by atoms with E-state index in [2.05, 4.69) is 5.16 Å². The van der Waals surface area contributed by atoms with Crippen molar-refractivity contribution >= 4 is 11.8 Å². The van der Waals surface area contributed by atoms with Gasteiger partial charge in [-0.25, -0.2) is 0 Å². The Kier molecular flexibility index (Phi) is 7.02. The van der Waals surface area contributed by atoms with E-state index in [0.717, 1.165) is 31.2 Å². The molecule has 0 spiro atoms. The maximum Gasteiger partial charge on any atom is 0.276 e. The first-order valence-electron chi connectivity index (χ1n) is 11.3. The number of aromatic nitrogens is 1. The van der Waals surface area contributed by atoms with Crippen LogP contribution in [0.1, 0.15) is 60.8 Å². The highest BCUT2D eigenvalue weighted by molar-refractivity contribution is 5.95. The van der Waals surface area contributed by atoms with Crippen LogP contribution in [0.15, 0.2) is 40.9 Å². The van der Waals surface area contributed by atoms with Crippen LogP contribution < -0.4 is 0 Å². The Balaban J connectivity index is 1.52. The number of carbonyl (C=O) groups excluding carboxylic acids is 2. The Labute approximate surface area is 183 Å². The van der Waals surface area contributed by atoms with Gasteiger partial charge in [0.1, 0.15) is 12.3 Å². The van der Waals surface area contributed by atoms with E-state index in [-0.39, 0.29) is 36.2 Å². The van der Waals surface area contributed by atoms with E-state index in [1.54, 1.807) is 11.0 Å². The van der Waals surface area contributed by atoms with Crippen molar-refractivity contribution in [2.45, 2.75) is 64.2 Å². The number of hydrogen-bond donors (Lipinski definition) is 0. The third-order valence-electron chi connectivity index (χ3n) is 6.23. The minimum Gasteiger partial charge on any atom is -0.370 e. The number of nitrogens with zero attached hydrogens (tertiary/aromatic N) is 3. The lowest BCUT2D eigenvalue weighted by Crippen LogP contribution is -2.46. The van der Waals surface area contributed by atoms with Crippen LogP contribution in [0.4, 0.5) is 0 Å². The fraction of sp³-hybridized carbons (Fsp3) is 0.542. The molecule has 2 fully saturated rings. The summed E-state index contributed by atoms with van der Waals surface area (Å²) in [4.78, 5) is 29.8. The second kappa shape index (κ2) is 10.1. The Hall–Kier alpha value is -2.67. The number of rotatable bonds is 6. The van der Waals surface area contributed by atoms with Crippen molar-refractivity contribution in [2.75, 3.05) is 19.6 Å². The van der Waals surface area contributed by atoms with Gasteiger partial charge >= 0.3 is 0 Å². The lowest BCUT2D eigenvalue weighted by molar-refractivity contribution is -0.134. The minimum atomic E-state index is -0.282. The zero-order valence-electron chi connectivity index (χ0n) is 18.2. The topological polar surface area (TPSA) is 75.9 Å². The first-order chi connectivity index (χ1) is 15.1. The van der Waals surface area contributed by atoms with Gasteiger partial charge in [-0.1, -0.05) is 61.7 Å². The molecule has 1 saturated heterocycles. The van der Waals surface area contributed by atoms with Crippen molar-refractivity contribution in [3.8, 4) is 0 Å². The first-order valence-corrected chi connectivity index (χ1v) is 11.3. The fourth-order valence-electron chi connectivity index (χ4n) is 4.48. The summed E-state index contributed by atoms with van der Waals surface area (Å²) in [5, 5.41) is 3.91. The molecule has 1 aliphatic heterocycles. The number of carbonyl (C=O) groups is 2. The fourth-order valence-corrected chi connectivity index (χ4v) is 4.48. The van der Waals surface area contributed by atoms with Crippen molar-refractivity contribution in [1.29, 1.82) is 0 Å². The van der Waals surface area contributed by atoms with Gasteiger partial charge in [0, 0.05) is 31.6 Å². The molecule has 1 aliphatic carbocycles. The van der Waals surface area contributed by atoms with Crippen molar-refractivity contribution < 1.29 is 18.8 Å². The van der Waals surface area contributed by atoms with Gasteiger partial charge in [0.05, 0.1) is 12.7 Å². The summed E-state index contributed by atoms with van der Waals surface area (Å²) in [5.74, 6) is 0.367. The standard InChI is InChI=1S/C24H31N3O4/c1-2-20-13-22(25-31-20)24(29)26-14-21(30-17-18-9-5-3-6-10-18)15-27(23(28)16-26)19-11-7-4-8-12-19/h3,5-6,9-10,13,19,21H,2,4,7-8,11-12,14-17H2,1H3/t21-/m0/s1. The number of amides is 2. The average Bonchev–Trinajstić information content (AvgIpc) is 3.23. The van der Waals surface area contributed by atoms with Gasteiger partial charge in [0.25, 0.3) is 5.91 Å². The summed E-state index contributed by atoms with van der Waals surface area (Å²) in [6.45, 7) is 3.31. The second-order valence-electron chi connectivity index (χ2n) is 8.47. The van der Waals surface area contributed by atoms with Gasteiger partial charge in [-0.05, 0) is 18.4 Å². The summed E-state index contributed by atoms with van der Waals surface area (Å²) < 4.78 is 11.4. The maximum absolute atomic E-state index is 13.2. The number of ether oxygens (including phenoxy) is 1. The van der Waals surface area contributed by atoms with E-state index in [1.165, 1.54) is 6.42 Å². The molecule has 0 bridgehead atoms. The molecule has 7 nitrogen and oxygen atoms in total. The molecule has 1 atom stereocenters. The molecule has 0 N–H and O–H groups in total. The molecule has 0 radical (unpaired) electrons. The van der Waals surface area contributed by atoms with Crippen LogP contribution >= 0.6 is 0 Å². The van der Waals surface area contributed by atoms with Crippen LogP contribution in [0, 0.1) is 0 Å².